The number of thioether (sulfide) groups is 2. The van der Waals surface area contributed by atoms with Crippen molar-refractivity contribution >= 4 is 93.4 Å². The molecule has 72 heavy (non-hydrogen) atoms. The van der Waals surface area contributed by atoms with E-state index in [1.165, 1.54) is 0 Å². The molecule has 0 bridgehead atoms. The molecule has 2 aromatic rings. The number of likely N-dealkylation sites (N-methyl/N-ethyl adjacent to an activating group) is 2. The van der Waals surface area contributed by atoms with Crippen LogP contribution in [0.25, 0.3) is 0 Å². The van der Waals surface area contributed by atoms with Crippen molar-refractivity contribution in [1.82, 2.24) is 52.3 Å². The summed E-state index contributed by atoms with van der Waals surface area (Å²) in [6.45, 7) is 11.9. The fraction of sp³-hybridized carbons (Fsp3) is 0.615. The molecule has 5 fully saturated rings. The van der Waals surface area contributed by atoms with Crippen molar-refractivity contribution in [2.24, 2.45) is 10.8 Å². The van der Waals surface area contributed by atoms with Crippen molar-refractivity contribution in [3.05, 3.63) is 71.8 Å². The van der Waals surface area contributed by atoms with Gasteiger partial charge >= 0.3 is 0 Å². The van der Waals surface area contributed by atoms with Crippen LogP contribution in [0.5, 0.6) is 0 Å². The van der Waals surface area contributed by atoms with Crippen molar-refractivity contribution in [2.75, 3.05) is 25.6 Å². The van der Waals surface area contributed by atoms with Crippen LogP contribution in [0.4, 0.5) is 0 Å². The molecule has 0 spiro atoms. The topological polar surface area (TPSA) is 205 Å². The molecule has 8 N–H and O–H groups in total. The molecule has 16 nitrogen and oxygen atoms in total. The summed E-state index contributed by atoms with van der Waals surface area (Å²) in [5, 5.41) is 24.9. The van der Waals surface area contributed by atoms with Crippen LogP contribution in [0.3, 0.4) is 0 Å². The Labute approximate surface area is 444 Å². The predicted molar refractivity (Wildman–Crippen MR) is 293 cm³/mol. The maximum Gasteiger partial charge on any atom is 0.247 e. The lowest BCUT2D eigenvalue weighted by molar-refractivity contribution is -0.143. The number of benzene rings is 2. The predicted octanol–water partition coefficient (Wildman–Crippen LogP) is 4.21. The van der Waals surface area contributed by atoms with Crippen LogP contribution in [-0.2, 0) is 28.8 Å². The van der Waals surface area contributed by atoms with Crippen molar-refractivity contribution in [2.45, 2.75) is 164 Å². The first kappa shape index (κ1) is 55.4. The van der Waals surface area contributed by atoms with Crippen LogP contribution in [0.2, 0.25) is 0 Å². The normalized spacial score (nSPS) is 28.3. The number of carbonyl (C=O) groups is 6. The third-order valence-corrected chi connectivity index (χ3v) is 18.6. The van der Waals surface area contributed by atoms with Gasteiger partial charge in [-0.1, -0.05) is 113 Å². The fourth-order valence-corrected chi connectivity index (χ4v) is 14.5. The van der Waals surface area contributed by atoms with Gasteiger partial charge in [-0.3, -0.25) is 28.8 Å². The molecule has 1 saturated carbocycles. The highest BCUT2D eigenvalue weighted by molar-refractivity contribution is 8.00. The molecule has 5 aliphatic rings. The monoisotopic (exact) mass is 1060 g/mol. The highest BCUT2D eigenvalue weighted by atomic mass is 32.2. The number of hydrogen-bond acceptors (Lipinski definition) is 12. The molecule has 6 amide bonds. The summed E-state index contributed by atoms with van der Waals surface area (Å²) in [6, 6.07) is 12.6. The Morgan fingerprint density at radius 1 is 0.569 bits per heavy atom. The van der Waals surface area contributed by atoms with Crippen LogP contribution in [0, 0.1) is 10.8 Å². The maximum atomic E-state index is 14.6. The number of amides is 6. The average Bonchev–Trinajstić information content (AvgIpc) is 3.68. The Morgan fingerprint density at radius 3 is 1.25 bits per heavy atom. The maximum absolute atomic E-state index is 14.6. The first-order valence-corrected chi connectivity index (χ1v) is 28.3. The second-order valence-corrected chi connectivity index (χ2v) is 24.8. The molecule has 0 radical (unpaired) electrons. The Kier molecular flexibility index (Phi) is 18.4. The number of rotatable bonds is 16. The van der Waals surface area contributed by atoms with Gasteiger partial charge in [-0.2, -0.15) is 0 Å². The van der Waals surface area contributed by atoms with Gasteiger partial charge < -0.3 is 52.3 Å². The number of thiocarbonyl (C=S) groups is 2. The van der Waals surface area contributed by atoms with E-state index >= 15 is 0 Å². The Balaban J connectivity index is 1.00. The van der Waals surface area contributed by atoms with Gasteiger partial charge in [0.15, 0.2) is 0 Å². The summed E-state index contributed by atoms with van der Waals surface area (Å²) in [5.74, 6) is -0.413. The highest BCUT2D eigenvalue weighted by Crippen LogP contribution is 2.48. The molecular formula is C52H74N10O6S4. The van der Waals surface area contributed by atoms with Gasteiger partial charge in [0.1, 0.15) is 36.3 Å². The zero-order chi connectivity index (χ0) is 52.1. The van der Waals surface area contributed by atoms with E-state index in [1.54, 1.807) is 33.3 Å². The van der Waals surface area contributed by atoms with Gasteiger partial charge in [0.05, 0.1) is 32.8 Å². The van der Waals surface area contributed by atoms with E-state index in [0.29, 0.717) is 72.5 Å². The minimum Gasteiger partial charge on any atom is -0.367 e. The van der Waals surface area contributed by atoms with Gasteiger partial charge in [-0.05, 0) is 113 Å². The van der Waals surface area contributed by atoms with Gasteiger partial charge in [-0.15, -0.1) is 23.5 Å². The number of nitrogens with one attached hydrogen (secondary N) is 8. The molecule has 4 saturated heterocycles. The third kappa shape index (κ3) is 12.6. The molecule has 7 rings (SSSR count). The summed E-state index contributed by atoms with van der Waals surface area (Å²) in [6.07, 6.45) is 4.63. The molecule has 0 aromatic heterocycles. The summed E-state index contributed by atoms with van der Waals surface area (Å²) in [7, 11) is 3.62. The molecule has 1 aliphatic carbocycles. The number of fused-ring (bicyclic) bond motifs is 2. The van der Waals surface area contributed by atoms with Gasteiger partial charge in [-0.25, -0.2) is 0 Å². The first-order valence-electron chi connectivity index (χ1n) is 25.4. The molecule has 20 heteroatoms. The van der Waals surface area contributed by atoms with Gasteiger partial charge in [0.25, 0.3) is 0 Å². The molecule has 4 aliphatic heterocycles. The van der Waals surface area contributed by atoms with E-state index in [9.17, 15) is 28.8 Å². The minimum atomic E-state index is -1.03. The van der Waals surface area contributed by atoms with E-state index < -0.39 is 58.9 Å². The van der Waals surface area contributed by atoms with Gasteiger partial charge in [0.2, 0.25) is 35.4 Å². The van der Waals surface area contributed by atoms with E-state index in [2.05, 4.69) is 42.5 Å². The molecule has 392 valence electrons. The summed E-state index contributed by atoms with van der Waals surface area (Å²) < 4.78 is 0. The van der Waals surface area contributed by atoms with Crippen LogP contribution in [0.1, 0.15) is 116 Å². The average molecular weight is 1060 g/mol. The smallest absolute Gasteiger partial charge is 0.247 e. The van der Waals surface area contributed by atoms with Crippen LogP contribution in [-0.4, -0.2) is 140 Å². The minimum absolute atomic E-state index is 0.133. The van der Waals surface area contributed by atoms with E-state index in [4.69, 9.17) is 24.4 Å². The van der Waals surface area contributed by atoms with Crippen LogP contribution in [0.15, 0.2) is 60.7 Å². The zero-order valence-corrected chi connectivity index (χ0v) is 46.0. The summed E-state index contributed by atoms with van der Waals surface area (Å²) >= 11 is 14.6. The van der Waals surface area contributed by atoms with Crippen LogP contribution < -0.4 is 42.5 Å². The lowest BCUT2D eigenvalue weighted by Gasteiger charge is -2.36. The summed E-state index contributed by atoms with van der Waals surface area (Å²) in [5.41, 5.74) is 0.0683. The van der Waals surface area contributed by atoms with Gasteiger partial charge in [0, 0.05) is 12.1 Å². The largest absolute Gasteiger partial charge is 0.367 e. The van der Waals surface area contributed by atoms with E-state index in [-0.39, 0.29) is 58.5 Å². The zero-order valence-electron chi connectivity index (χ0n) is 42.7. The van der Waals surface area contributed by atoms with E-state index in [0.717, 1.165) is 11.5 Å². The third-order valence-electron chi connectivity index (χ3n) is 15.2. The number of hydrogen-bond donors (Lipinski definition) is 8. The quantitative estimate of drug-likeness (QED) is 0.111. The Hall–Kier alpha value is -4.34. The Bertz CT molecular complexity index is 2160. The standard InChI is InChI=1S/C52H74N10O6S4/c1-29(53-7)47(69)57-35-23-25-71-37-27-51(3,4)41(61(37)49(35)67)45(65)59-39(31-15-11-9-12-16-31)43(63)55-33-19-21-34(22-20-33)56-44(64)40(32-17-13-10-14-18-32)60-46(66)42-52(5,6)28-38-62(42)50(68)36(24-26-72-38)58-48(70)30(2)54-8/h9-18,29-30,33-42,53-54H,19-28H2,1-8H3,(H,55,63)(H,56,64)(H,57,69)(H,58,70)(H,59,65)(H,60,66)/t29-,30-,33-,34-,35-,36+,37-,38-,39+,40-,41+,42+/m0/s1. The lowest BCUT2D eigenvalue weighted by atomic mass is 9.83. The molecule has 0 unspecified atom stereocenters. The SMILES string of the molecule is CN[C@@H](C)C(=S)N[C@H]1CCS[C@H]2CC(C)(C)[C@@H](C(=O)N[C@@H](C(=O)N[C@H]3CC[C@H](NC(=O)[C@@H](NC(=O)[C@H]4N5C(=O)[C@H](NC(=S)[C@H](C)NC)CCS[C@H]5CC4(C)C)c4ccccc4)CC3)c3ccccc3)N2C1=O. The van der Waals surface area contributed by atoms with Crippen LogP contribution >= 0.6 is 48.0 Å². The van der Waals surface area contributed by atoms with Crippen molar-refractivity contribution in [3.63, 3.8) is 0 Å². The summed E-state index contributed by atoms with van der Waals surface area (Å²) in [4.78, 5) is 91.2. The number of nitrogens with zero attached hydrogens (tertiary/aromatic N) is 2. The molecule has 2 aromatic carbocycles. The highest BCUT2D eigenvalue weighted by Gasteiger charge is 2.56. The molecule has 10 atom stereocenters. The molecule has 4 heterocycles. The van der Waals surface area contributed by atoms with E-state index in [1.807, 2.05) is 116 Å². The van der Waals surface area contributed by atoms with Crippen molar-refractivity contribution in [1.29, 1.82) is 0 Å². The van der Waals surface area contributed by atoms with Crippen molar-refractivity contribution in [3.8, 4) is 0 Å². The first-order chi connectivity index (χ1) is 34.2. The number of carbonyl (C=O) groups excluding carboxylic acids is 6. The molecular weight excluding hydrogens is 989 g/mol. The lowest BCUT2D eigenvalue weighted by Crippen LogP contribution is -2.59. The fourth-order valence-electron chi connectivity index (χ4n) is 10.8. The second-order valence-electron chi connectivity index (χ2n) is 21.3. The Morgan fingerprint density at radius 2 is 0.917 bits per heavy atom. The second kappa shape index (κ2) is 23.9. The van der Waals surface area contributed by atoms with Crippen molar-refractivity contribution < 1.29 is 28.8 Å².